The van der Waals surface area contributed by atoms with Gasteiger partial charge in [-0.2, -0.15) is 0 Å². The molecule has 1 aliphatic rings. The molecule has 1 aliphatic heterocycles. The molecule has 0 unspecified atom stereocenters. The van der Waals surface area contributed by atoms with E-state index in [1.807, 2.05) is 0 Å². The Labute approximate surface area is 51.7 Å². The van der Waals surface area contributed by atoms with Crippen LogP contribution in [0.5, 0.6) is 0 Å². The summed E-state index contributed by atoms with van der Waals surface area (Å²) >= 11 is 2.68. The summed E-state index contributed by atoms with van der Waals surface area (Å²) in [7, 11) is 0. The third kappa shape index (κ3) is 1.30. The first-order valence-electron chi connectivity index (χ1n) is 2.20. The van der Waals surface area contributed by atoms with Crippen molar-refractivity contribution in [2.75, 3.05) is 0 Å². The average molecular weight is 249 g/mol. The van der Waals surface area contributed by atoms with Crippen molar-refractivity contribution in [3.63, 3.8) is 0 Å². The van der Waals surface area contributed by atoms with Crippen LogP contribution in [0.1, 0.15) is 6.42 Å². The molecule has 0 fully saturated rings. The van der Waals surface area contributed by atoms with Gasteiger partial charge in [-0.05, 0) is 0 Å². The van der Waals surface area contributed by atoms with Crippen LogP contribution in [-0.4, -0.2) is 19.1 Å². The summed E-state index contributed by atoms with van der Waals surface area (Å²) in [6.07, 6.45) is 3.65. The second-order valence-electron chi connectivity index (χ2n) is 1.52. The molecule has 0 saturated carbocycles. The Kier molecular flexibility index (Phi) is 2.10. The van der Waals surface area contributed by atoms with Gasteiger partial charge in [0.2, 0.25) is 0 Å². The molecule has 0 N–H and O–H groups in total. The Morgan fingerprint density at radius 3 is 2.67 bits per heavy atom. The van der Waals surface area contributed by atoms with Gasteiger partial charge in [0.1, 0.15) is 0 Å². The molecule has 0 bridgehead atoms. The molecule has 6 heavy (non-hydrogen) atoms. The SMILES string of the molecule is [Br][In]1[CH]=CC[CH2]1. The van der Waals surface area contributed by atoms with Crippen LogP contribution in [0.25, 0.3) is 0 Å². The van der Waals surface area contributed by atoms with E-state index in [1.54, 1.807) is 0 Å². The maximum absolute atomic E-state index is 3.66. The predicted molar refractivity (Wildman–Crippen MR) is 33.2 cm³/mol. The molecule has 0 spiro atoms. The summed E-state index contributed by atoms with van der Waals surface area (Å²) < 4.78 is 3.91. The van der Waals surface area contributed by atoms with Crippen molar-refractivity contribution in [1.29, 1.82) is 0 Å². The van der Waals surface area contributed by atoms with E-state index in [-0.39, 0.29) is 0 Å². The number of hydrogen-bond acceptors (Lipinski definition) is 0. The first-order valence-corrected chi connectivity index (χ1v) is 13.8. The van der Waals surface area contributed by atoms with Gasteiger partial charge in [0.05, 0.1) is 0 Å². The van der Waals surface area contributed by atoms with E-state index in [0.29, 0.717) is 0 Å². The summed E-state index contributed by atoms with van der Waals surface area (Å²) in [6.45, 7) is 0. The Morgan fingerprint density at radius 2 is 2.50 bits per heavy atom. The van der Waals surface area contributed by atoms with Crippen LogP contribution < -0.4 is 0 Å². The molecule has 0 aliphatic carbocycles. The van der Waals surface area contributed by atoms with Gasteiger partial charge in [-0.3, -0.25) is 0 Å². The average Bonchev–Trinajstić information content (AvgIpc) is 1.86. The van der Waals surface area contributed by atoms with Gasteiger partial charge < -0.3 is 0 Å². The van der Waals surface area contributed by atoms with Crippen molar-refractivity contribution in [3.05, 3.63) is 9.91 Å². The minimum absolute atomic E-state index is 0.978. The molecule has 1 heterocycles. The molecule has 0 atom stereocenters. The van der Waals surface area contributed by atoms with E-state index in [1.165, 1.54) is 10.6 Å². The first-order chi connectivity index (χ1) is 2.89. The van der Waals surface area contributed by atoms with Crippen molar-refractivity contribution < 1.29 is 0 Å². The molecule has 2 heteroatoms. The van der Waals surface area contributed by atoms with E-state index >= 15 is 0 Å². The quantitative estimate of drug-likeness (QED) is 0.614. The van der Waals surface area contributed by atoms with E-state index < -0.39 is 19.1 Å². The zero-order chi connectivity index (χ0) is 4.41. The first kappa shape index (κ1) is 5.23. The molecule has 0 amide bonds. The molecular formula is C4H6BrIn. The number of hydrogen-bond donors (Lipinski definition) is 0. The number of allylic oxidation sites excluding steroid dienone is 1. The van der Waals surface area contributed by atoms with Crippen molar-refractivity contribution in [2.24, 2.45) is 0 Å². The molecule has 0 nitrogen and oxygen atoms in total. The molecule has 32 valence electrons. The van der Waals surface area contributed by atoms with Crippen LogP contribution in [0, 0.1) is 0 Å². The fourth-order valence-corrected chi connectivity index (χ4v) is 7.22. The predicted octanol–water partition coefficient (Wildman–Crippen LogP) is 1.87. The Balaban J connectivity index is 2.38. The van der Waals surface area contributed by atoms with Crippen molar-refractivity contribution in [2.45, 2.75) is 10.6 Å². The second-order valence-corrected chi connectivity index (χ2v) is 15.1. The minimum atomic E-state index is -0.978. The Bertz CT molecular complexity index is 69.9. The monoisotopic (exact) mass is 248 g/mol. The number of rotatable bonds is 0. The summed E-state index contributed by atoms with van der Waals surface area (Å²) in [4.78, 5) is 0. The topological polar surface area (TPSA) is 0 Å². The van der Waals surface area contributed by atoms with Gasteiger partial charge in [0.15, 0.2) is 0 Å². The standard InChI is InChI=1S/C4H6.BrH.In/c1-3-4-2;;/h1,3H,2,4H2;1H;/q;;+1/p-1. The van der Waals surface area contributed by atoms with Crippen LogP contribution in [0.15, 0.2) is 9.91 Å². The van der Waals surface area contributed by atoms with Gasteiger partial charge >= 0.3 is 51.9 Å². The Hall–Kier alpha value is 1.09. The molecular weight excluding hydrogens is 243 g/mol. The molecule has 0 saturated heterocycles. The summed E-state index contributed by atoms with van der Waals surface area (Å²) in [6, 6.07) is 0. The molecule has 0 radical (unpaired) electrons. The van der Waals surface area contributed by atoms with Crippen LogP contribution >= 0.6 is 12.3 Å². The zero-order valence-corrected chi connectivity index (χ0v) is 8.41. The van der Waals surface area contributed by atoms with E-state index in [2.05, 4.69) is 22.2 Å². The fraction of sp³-hybridized carbons (Fsp3) is 0.500. The van der Waals surface area contributed by atoms with E-state index in [0.717, 1.165) is 0 Å². The van der Waals surface area contributed by atoms with E-state index in [9.17, 15) is 0 Å². The molecule has 0 aromatic carbocycles. The third-order valence-electron chi connectivity index (χ3n) is 0.954. The van der Waals surface area contributed by atoms with Crippen molar-refractivity contribution in [1.82, 2.24) is 0 Å². The van der Waals surface area contributed by atoms with Crippen LogP contribution in [0.3, 0.4) is 0 Å². The van der Waals surface area contributed by atoms with Crippen LogP contribution in [0.4, 0.5) is 0 Å². The molecule has 0 aromatic heterocycles. The van der Waals surface area contributed by atoms with Crippen LogP contribution in [0.2, 0.25) is 4.18 Å². The zero-order valence-electron chi connectivity index (χ0n) is 3.52. The van der Waals surface area contributed by atoms with Crippen LogP contribution in [-0.2, 0) is 0 Å². The van der Waals surface area contributed by atoms with Crippen molar-refractivity contribution >= 4 is 31.4 Å². The van der Waals surface area contributed by atoms with Gasteiger partial charge in [-0.25, -0.2) is 0 Å². The second kappa shape index (κ2) is 2.41. The van der Waals surface area contributed by atoms with Gasteiger partial charge in [0, 0.05) is 0 Å². The summed E-state index contributed by atoms with van der Waals surface area (Å²) in [5.74, 6) is 0. The Morgan fingerprint density at radius 1 is 1.67 bits per heavy atom. The summed E-state index contributed by atoms with van der Waals surface area (Å²) in [5.41, 5.74) is 0. The maximum atomic E-state index is 3.66. The van der Waals surface area contributed by atoms with E-state index in [4.69, 9.17) is 0 Å². The molecule has 1 rings (SSSR count). The normalized spacial score (nSPS) is 19.8. The van der Waals surface area contributed by atoms with Gasteiger partial charge in [-0.15, -0.1) is 0 Å². The van der Waals surface area contributed by atoms with Gasteiger partial charge in [-0.1, -0.05) is 0 Å². The fourth-order valence-electron chi connectivity index (χ4n) is 0.596. The number of halogens is 1. The van der Waals surface area contributed by atoms with Crippen molar-refractivity contribution in [3.8, 4) is 0 Å². The third-order valence-corrected chi connectivity index (χ3v) is 10.6. The van der Waals surface area contributed by atoms with Gasteiger partial charge in [0.25, 0.3) is 0 Å². The molecule has 0 aromatic rings. The summed E-state index contributed by atoms with van der Waals surface area (Å²) in [5, 5.41) is 0.